The summed E-state index contributed by atoms with van der Waals surface area (Å²) in [6, 6.07) is 0.398. The van der Waals surface area contributed by atoms with Gasteiger partial charge in [-0.3, -0.25) is 0 Å². The number of hydrogen-bond acceptors (Lipinski definition) is 6. The van der Waals surface area contributed by atoms with E-state index in [4.69, 9.17) is 4.52 Å². The number of hydrogen-bond donors (Lipinski definition) is 1. The van der Waals surface area contributed by atoms with Crippen molar-refractivity contribution >= 4 is 0 Å². The minimum Gasteiger partial charge on any atom is -0.332 e. The topological polar surface area (TPSA) is 81.7 Å². The van der Waals surface area contributed by atoms with Gasteiger partial charge < -0.3 is 9.84 Å². The molecule has 2 aromatic rings. The zero-order valence-corrected chi connectivity index (χ0v) is 10.1. The highest BCUT2D eigenvalue weighted by atomic mass is 16.5. The highest BCUT2D eigenvalue weighted by Gasteiger charge is 2.43. The van der Waals surface area contributed by atoms with Crippen molar-refractivity contribution in [1.82, 2.24) is 30.5 Å². The molecule has 94 valence electrons. The predicted octanol–water partition coefficient (Wildman–Crippen LogP) is 0.524. The quantitative estimate of drug-likeness (QED) is 0.850. The van der Waals surface area contributed by atoms with E-state index in [9.17, 15) is 0 Å². The maximum Gasteiger partial charge on any atom is 0.280 e. The molecule has 1 aliphatic carbocycles. The molecule has 0 unspecified atom stereocenters. The molecule has 2 fully saturated rings. The zero-order valence-electron chi connectivity index (χ0n) is 10.1. The second-order valence-electron chi connectivity index (χ2n) is 5.38. The monoisotopic (exact) mass is 246 g/mol. The van der Waals surface area contributed by atoms with Crippen LogP contribution in [0, 0.1) is 0 Å². The van der Waals surface area contributed by atoms with E-state index in [0.29, 0.717) is 17.6 Å². The fourth-order valence-electron chi connectivity index (χ4n) is 2.00. The van der Waals surface area contributed by atoms with Crippen LogP contribution < -0.4 is 5.32 Å². The Balaban J connectivity index is 1.61. The van der Waals surface area contributed by atoms with E-state index in [1.165, 1.54) is 0 Å². The second kappa shape index (κ2) is 3.38. The number of rotatable bonds is 3. The van der Waals surface area contributed by atoms with Crippen LogP contribution in [0.25, 0.3) is 11.6 Å². The van der Waals surface area contributed by atoms with Crippen LogP contribution in [0.5, 0.6) is 0 Å². The van der Waals surface area contributed by atoms with Crippen LogP contribution in [-0.2, 0) is 5.41 Å². The molecule has 4 rings (SSSR count). The third-order valence-electron chi connectivity index (χ3n) is 3.83. The Morgan fingerprint density at radius 2 is 2.28 bits per heavy atom. The summed E-state index contributed by atoms with van der Waals surface area (Å²) < 4.78 is 7.13. The molecule has 2 aliphatic rings. The molecule has 0 bridgehead atoms. The van der Waals surface area contributed by atoms with Gasteiger partial charge in [0, 0.05) is 18.5 Å². The van der Waals surface area contributed by atoms with E-state index in [2.05, 4.69) is 32.7 Å². The molecule has 1 saturated carbocycles. The smallest absolute Gasteiger partial charge is 0.280 e. The summed E-state index contributed by atoms with van der Waals surface area (Å²) in [6.45, 7) is 4.03. The lowest BCUT2D eigenvalue weighted by Crippen LogP contribution is -2.43. The van der Waals surface area contributed by atoms with E-state index in [-0.39, 0.29) is 5.41 Å². The van der Waals surface area contributed by atoms with Gasteiger partial charge in [-0.15, -0.1) is 5.10 Å². The van der Waals surface area contributed by atoms with E-state index in [1.807, 2.05) is 10.9 Å². The van der Waals surface area contributed by atoms with E-state index < -0.39 is 0 Å². The summed E-state index contributed by atoms with van der Waals surface area (Å²) in [6.07, 6.45) is 4.14. The van der Waals surface area contributed by atoms with Crippen molar-refractivity contribution in [3.8, 4) is 11.6 Å². The lowest BCUT2D eigenvalue weighted by atomic mass is 10.1. The van der Waals surface area contributed by atoms with Crippen LogP contribution in [-0.4, -0.2) is 38.2 Å². The minimum absolute atomic E-state index is 0.121. The van der Waals surface area contributed by atoms with Gasteiger partial charge in [0.1, 0.15) is 0 Å². The Hall–Kier alpha value is -1.76. The average molecular weight is 246 g/mol. The second-order valence-corrected chi connectivity index (χ2v) is 5.38. The maximum atomic E-state index is 5.27. The van der Waals surface area contributed by atoms with Crippen LogP contribution in [0.4, 0.5) is 0 Å². The molecular weight excluding hydrogens is 232 g/mol. The van der Waals surface area contributed by atoms with Crippen LogP contribution in [0.15, 0.2) is 10.7 Å². The SMILES string of the molecule is CC1(c2noc(-c3cn(C4CNC4)nn3)n2)CC1. The molecule has 1 N–H and O–H groups in total. The summed E-state index contributed by atoms with van der Waals surface area (Å²) in [5, 5.41) is 15.4. The fraction of sp³-hybridized carbons (Fsp3) is 0.636. The van der Waals surface area contributed by atoms with Gasteiger partial charge in [0.25, 0.3) is 5.89 Å². The van der Waals surface area contributed by atoms with E-state index in [1.54, 1.807) is 0 Å². The van der Waals surface area contributed by atoms with Gasteiger partial charge >= 0.3 is 0 Å². The molecule has 18 heavy (non-hydrogen) atoms. The highest BCUT2D eigenvalue weighted by molar-refractivity contribution is 5.44. The Bertz CT molecular complexity index is 580. The van der Waals surface area contributed by atoms with Crippen LogP contribution in [0.2, 0.25) is 0 Å². The van der Waals surface area contributed by atoms with Gasteiger partial charge in [0.2, 0.25) is 0 Å². The van der Waals surface area contributed by atoms with E-state index >= 15 is 0 Å². The normalized spacial score (nSPS) is 21.8. The Kier molecular flexibility index (Phi) is 1.91. The zero-order chi connectivity index (χ0) is 12.2. The number of nitrogens with one attached hydrogen (secondary N) is 1. The van der Waals surface area contributed by atoms with Crippen molar-refractivity contribution in [3.63, 3.8) is 0 Å². The minimum atomic E-state index is 0.121. The molecule has 2 aromatic heterocycles. The summed E-state index contributed by atoms with van der Waals surface area (Å²) in [4.78, 5) is 4.42. The van der Waals surface area contributed by atoms with Gasteiger partial charge in [0.05, 0.1) is 12.2 Å². The molecule has 0 amide bonds. The first-order valence-corrected chi connectivity index (χ1v) is 6.22. The third kappa shape index (κ3) is 1.47. The first-order chi connectivity index (χ1) is 8.74. The molecule has 3 heterocycles. The molecule has 7 heteroatoms. The summed E-state index contributed by atoms with van der Waals surface area (Å²) in [7, 11) is 0. The largest absolute Gasteiger partial charge is 0.332 e. The van der Waals surface area contributed by atoms with Crippen molar-refractivity contribution < 1.29 is 4.52 Å². The van der Waals surface area contributed by atoms with Gasteiger partial charge in [-0.05, 0) is 12.8 Å². The van der Waals surface area contributed by atoms with Gasteiger partial charge in [-0.25, -0.2) is 4.68 Å². The Morgan fingerprint density at radius 1 is 1.44 bits per heavy atom. The van der Waals surface area contributed by atoms with Crippen molar-refractivity contribution in [3.05, 3.63) is 12.0 Å². The van der Waals surface area contributed by atoms with Crippen LogP contribution in [0.1, 0.15) is 31.6 Å². The number of aromatic nitrogens is 5. The molecule has 0 atom stereocenters. The first-order valence-electron chi connectivity index (χ1n) is 6.22. The average Bonchev–Trinajstić information content (AvgIpc) is 2.78. The lowest BCUT2D eigenvalue weighted by molar-refractivity contribution is 0.313. The molecule has 7 nitrogen and oxygen atoms in total. The van der Waals surface area contributed by atoms with Crippen molar-refractivity contribution in [2.24, 2.45) is 0 Å². The van der Waals surface area contributed by atoms with Crippen molar-refractivity contribution in [1.29, 1.82) is 0 Å². The Labute approximate surface area is 104 Å². The maximum absolute atomic E-state index is 5.27. The molecular formula is C11H14N6O. The van der Waals surface area contributed by atoms with Crippen LogP contribution in [0.3, 0.4) is 0 Å². The standard InChI is InChI=1S/C11H14N6O/c1-11(2-3-11)10-13-9(18-15-10)8-6-17(16-14-8)7-4-12-5-7/h6-7,12H,2-5H2,1H3. The fourth-order valence-corrected chi connectivity index (χ4v) is 2.00. The van der Waals surface area contributed by atoms with Crippen molar-refractivity contribution in [2.45, 2.75) is 31.2 Å². The molecule has 0 radical (unpaired) electrons. The molecule has 1 aliphatic heterocycles. The van der Waals surface area contributed by atoms with Crippen LogP contribution >= 0.6 is 0 Å². The lowest BCUT2D eigenvalue weighted by Gasteiger charge is -2.26. The van der Waals surface area contributed by atoms with Gasteiger partial charge in [-0.2, -0.15) is 4.98 Å². The number of nitrogens with zero attached hydrogens (tertiary/aromatic N) is 5. The van der Waals surface area contributed by atoms with Gasteiger partial charge in [-0.1, -0.05) is 17.3 Å². The highest BCUT2D eigenvalue weighted by Crippen LogP contribution is 2.46. The summed E-state index contributed by atoms with van der Waals surface area (Å²) in [5.41, 5.74) is 0.778. The molecule has 0 spiro atoms. The summed E-state index contributed by atoms with van der Waals surface area (Å²) in [5.74, 6) is 1.26. The first kappa shape index (κ1) is 10.2. The van der Waals surface area contributed by atoms with Gasteiger partial charge in [0.15, 0.2) is 11.5 Å². The Morgan fingerprint density at radius 3 is 2.94 bits per heavy atom. The summed E-state index contributed by atoms with van der Waals surface area (Å²) >= 11 is 0. The molecule has 0 aromatic carbocycles. The molecule has 1 saturated heterocycles. The predicted molar refractivity (Wildman–Crippen MR) is 61.8 cm³/mol. The van der Waals surface area contributed by atoms with Crippen molar-refractivity contribution in [2.75, 3.05) is 13.1 Å². The van der Waals surface area contributed by atoms with E-state index in [0.717, 1.165) is 31.8 Å². The third-order valence-corrected chi connectivity index (χ3v) is 3.83.